The van der Waals surface area contributed by atoms with Gasteiger partial charge in [-0.2, -0.15) is 0 Å². The van der Waals surface area contributed by atoms with Crippen LogP contribution in [0.2, 0.25) is 0 Å². The maximum Gasteiger partial charge on any atom is 0.269 e. The van der Waals surface area contributed by atoms with E-state index < -0.39 is 4.92 Å². The lowest BCUT2D eigenvalue weighted by Gasteiger charge is -1.96. The zero-order chi connectivity index (χ0) is 19.1. The molecule has 0 spiro atoms. The molecule has 128 valence electrons. The first-order chi connectivity index (χ1) is 13.1. The average molecular weight is 349 g/mol. The maximum absolute atomic E-state index is 10.7. The number of terminal acetylenes is 1. The van der Waals surface area contributed by atoms with E-state index in [9.17, 15) is 10.1 Å². The second kappa shape index (κ2) is 8.34. The smallest absolute Gasteiger partial charge is 0.258 e. The van der Waals surface area contributed by atoms with Gasteiger partial charge in [0, 0.05) is 28.8 Å². The zero-order valence-corrected chi connectivity index (χ0v) is 14.4. The number of benzene rings is 3. The van der Waals surface area contributed by atoms with Gasteiger partial charge in [0.1, 0.15) is 0 Å². The molecule has 0 atom stereocenters. The molecule has 0 unspecified atom stereocenters. The van der Waals surface area contributed by atoms with Gasteiger partial charge in [-0.05, 0) is 59.7 Å². The van der Waals surface area contributed by atoms with Crippen molar-refractivity contribution in [2.24, 2.45) is 0 Å². The summed E-state index contributed by atoms with van der Waals surface area (Å²) in [6.07, 6.45) is 9.21. The fourth-order valence-electron chi connectivity index (χ4n) is 2.37. The van der Waals surface area contributed by atoms with Gasteiger partial charge in [-0.1, -0.05) is 42.0 Å². The minimum absolute atomic E-state index is 0.0870. The highest BCUT2D eigenvalue weighted by Crippen LogP contribution is 2.14. The van der Waals surface area contributed by atoms with E-state index in [1.54, 1.807) is 12.1 Å². The summed E-state index contributed by atoms with van der Waals surface area (Å²) in [7, 11) is 0. The van der Waals surface area contributed by atoms with Crippen LogP contribution >= 0.6 is 0 Å². The van der Waals surface area contributed by atoms with E-state index in [1.165, 1.54) is 12.1 Å². The predicted octanol–water partition coefficient (Wildman–Crippen LogP) is 5.15. The molecular weight excluding hydrogens is 334 g/mol. The van der Waals surface area contributed by atoms with Crippen LogP contribution < -0.4 is 0 Å². The zero-order valence-electron chi connectivity index (χ0n) is 14.4. The van der Waals surface area contributed by atoms with Crippen LogP contribution in [0.25, 0.3) is 12.2 Å². The predicted molar refractivity (Wildman–Crippen MR) is 109 cm³/mol. The number of nitrogens with zero attached hydrogens (tertiary/aromatic N) is 1. The number of rotatable bonds is 3. The van der Waals surface area contributed by atoms with Crippen LogP contribution in [0.5, 0.6) is 0 Å². The Kier molecular flexibility index (Phi) is 5.48. The molecule has 0 aromatic heterocycles. The monoisotopic (exact) mass is 349 g/mol. The van der Waals surface area contributed by atoms with Crippen molar-refractivity contribution < 1.29 is 4.92 Å². The Morgan fingerprint density at radius 2 is 1.11 bits per heavy atom. The van der Waals surface area contributed by atoms with Crippen LogP contribution in [0.15, 0.2) is 72.8 Å². The van der Waals surface area contributed by atoms with E-state index in [2.05, 4.69) is 17.8 Å². The minimum Gasteiger partial charge on any atom is -0.258 e. The van der Waals surface area contributed by atoms with Crippen molar-refractivity contribution in [1.82, 2.24) is 0 Å². The lowest BCUT2D eigenvalue weighted by Crippen LogP contribution is -1.86. The second-order valence-electron chi connectivity index (χ2n) is 5.78. The molecule has 0 N–H and O–H groups in total. The number of hydrogen-bond acceptors (Lipinski definition) is 2. The summed E-state index contributed by atoms with van der Waals surface area (Å²) in [5, 5.41) is 10.7. The molecule has 3 aromatic rings. The largest absolute Gasteiger partial charge is 0.269 e. The van der Waals surface area contributed by atoms with Crippen LogP contribution in [-0.2, 0) is 0 Å². The standard InChI is InChI=1S/C24H15NO2/c1-2-19-3-5-20(6-4-19)7-8-21-9-11-22(12-10-21)13-14-23-15-17-24(18-16-23)25(26)27/h1,3-6,9-18H/b14-13+. The summed E-state index contributed by atoms with van der Waals surface area (Å²) < 4.78 is 0. The van der Waals surface area contributed by atoms with E-state index >= 15 is 0 Å². The molecule has 0 amide bonds. The third kappa shape index (κ3) is 4.95. The van der Waals surface area contributed by atoms with Gasteiger partial charge in [-0.3, -0.25) is 10.1 Å². The van der Waals surface area contributed by atoms with Crippen molar-refractivity contribution in [1.29, 1.82) is 0 Å². The fourth-order valence-corrected chi connectivity index (χ4v) is 2.37. The SMILES string of the molecule is C#Cc1ccc(C#Cc2ccc(/C=C/c3ccc([N+](=O)[O-])cc3)cc2)cc1. The molecule has 0 heterocycles. The third-order valence-electron chi connectivity index (χ3n) is 3.89. The van der Waals surface area contributed by atoms with Crippen molar-refractivity contribution in [3.63, 3.8) is 0 Å². The molecule has 0 saturated heterocycles. The Bertz CT molecular complexity index is 1070. The molecule has 0 radical (unpaired) electrons. The highest BCUT2D eigenvalue weighted by Gasteiger charge is 2.02. The summed E-state index contributed by atoms with van der Waals surface area (Å²) in [6.45, 7) is 0. The molecule has 3 aromatic carbocycles. The summed E-state index contributed by atoms with van der Waals surface area (Å²) in [4.78, 5) is 10.3. The van der Waals surface area contributed by atoms with Crippen molar-refractivity contribution in [2.75, 3.05) is 0 Å². The van der Waals surface area contributed by atoms with E-state index in [0.29, 0.717) is 0 Å². The summed E-state index contributed by atoms with van der Waals surface area (Å²) >= 11 is 0. The van der Waals surface area contributed by atoms with Crippen LogP contribution in [0.4, 0.5) is 5.69 Å². The van der Waals surface area contributed by atoms with Gasteiger partial charge in [0.2, 0.25) is 0 Å². The molecule has 0 aliphatic carbocycles. The van der Waals surface area contributed by atoms with Gasteiger partial charge >= 0.3 is 0 Å². The van der Waals surface area contributed by atoms with Crippen molar-refractivity contribution in [3.05, 3.63) is 111 Å². The highest BCUT2D eigenvalue weighted by molar-refractivity contribution is 5.70. The van der Waals surface area contributed by atoms with Crippen LogP contribution in [-0.4, -0.2) is 4.92 Å². The van der Waals surface area contributed by atoms with Crippen LogP contribution in [0.3, 0.4) is 0 Å². The highest BCUT2D eigenvalue weighted by atomic mass is 16.6. The summed E-state index contributed by atoms with van der Waals surface area (Å²) in [5.41, 5.74) is 4.69. The van der Waals surface area contributed by atoms with Gasteiger partial charge < -0.3 is 0 Å². The van der Waals surface area contributed by atoms with Crippen molar-refractivity contribution >= 4 is 17.8 Å². The van der Waals surface area contributed by atoms with Crippen LogP contribution in [0.1, 0.15) is 27.8 Å². The van der Waals surface area contributed by atoms with Gasteiger partial charge in [-0.15, -0.1) is 6.42 Å². The van der Waals surface area contributed by atoms with E-state index in [4.69, 9.17) is 6.42 Å². The van der Waals surface area contributed by atoms with E-state index in [1.807, 2.05) is 60.7 Å². The Labute approximate surface area is 158 Å². The first kappa shape index (κ1) is 17.7. The molecule has 3 nitrogen and oxygen atoms in total. The van der Waals surface area contributed by atoms with E-state index in [0.717, 1.165) is 27.8 Å². The molecule has 0 aliphatic heterocycles. The second-order valence-corrected chi connectivity index (χ2v) is 5.78. The fraction of sp³-hybridized carbons (Fsp3) is 0. The molecular formula is C24H15NO2. The first-order valence-corrected chi connectivity index (χ1v) is 8.25. The molecule has 0 aliphatic rings. The average Bonchev–Trinajstić information content (AvgIpc) is 2.72. The quantitative estimate of drug-likeness (QED) is 0.284. The summed E-state index contributed by atoms with van der Waals surface area (Å²) in [5.74, 6) is 8.82. The molecule has 0 bridgehead atoms. The number of non-ortho nitro benzene ring substituents is 1. The lowest BCUT2D eigenvalue weighted by atomic mass is 10.1. The summed E-state index contributed by atoms with van der Waals surface area (Å²) in [6, 6.07) is 21.9. The van der Waals surface area contributed by atoms with Crippen LogP contribution in [0, 0.1) is 34.3 Å². The Balaban J connectivity index is 1.67. The van der Waals surface area contributed by atoms with Gasteiger partial charge in [0.25, 0.3) is 5.69 Å². The number of hydrogen-bond donors (Lipinski definition) is 0. The molecule has 3 heteroatoms. The lowest BCUT2D eigenvalue weighted by molar-refractivity contribution is -0.384. The molecule has 3 rings (SSSR count). The van der Waals surface area contributed by atoms with Crippen molar-refractivity contribution in [3.8, 4) is 24.2 Å². The molecule has 0 fully saturated rings. The first-order valence-electron chi connectivity index (χ1n) is 8.25. The van der Waals surface area contributed by atoms with Gasteiger partial charge in [0.15, 0.2) is 0 Å². The topological polar surface area (TPSA) is 43.1 Å². The third-order valence-corrected chi connectivity index (χ3v) is 3.89. The number of nitro benzene ring substituents is 1. The van der Waals surface area contributed by atoms with Gasteiger partial charge in [0.05, 0.1) is 4.92 Å². The Morgan fingerprint density at radius 1 is 0.704 bits per heavy atom. The minimum atomic E-state index is -0.406. The molecule has 0 saturated carbocycles. The maximum atomic E-state index is 10.7. The Morgan fingerprint density at radius 3 is 1.56 bits per heavy atom. The van der Waals surface area contributed by atoms with Gasteiger partial charge in [-0.25, -0.2) is 0 Å². The van der Waals surface area contributed by atoms with E-state index in [-0.39, 0.29) is 5.69 Å². The number of nitro groups is 1. The normalized spacial score (nSPS) is 10.0. The Hall–Kier alpha value is -4.08. The molecule has 27 heavy (non-hydrogen) atoms. The van der Waals surface area contributed by atoms with Crippen molar-refractivity contribution in [2.45, 2.75) is 0 Å².